The number of rotatable bonds is 1. The van der Waals surface area contributed by atoms with Gasteiger partial charge in [0.05, 0.1) is 0 Å². The van der Waals surface area contributed by atoms with E-state index < -0.39 is 5.97 Å². The van der Waals surface area contributed by atoms with Gasteiger partial charge in [0.1, 0.15) is 4.60 Å². The molecule has 0 unspecified atom stereocenters. The number of carbonyl (C=O) groups is 1. The lowest BCUT2D eigenvalue weighted by Crippen LogP contribution is -1.99. The molecule has 0 aromatic carbocycles. The van der Waals surface area contributed by atoms with Gasteiger partial charge in [-0.1, -0.05) is 11.6 Å². The van der Waals surface area contributed by atoms with E-state index in [0.717, 1.165) is 0 Å². The minimum absolute atomic E-state index is 0.0654. The predicted octanol–water partition coefficient (Wildman–Crippen LogP) is 2.20. The zero-order chi connectivity index (χ0) is 8.43. The number of carboxylic acids is 1. The molecule has 0 radical (unpaired) electrons. The van der Waals surface area contributed by atoms with Gasteiger partial charge in [0.25, 0.3) is 0 Å². The van der Waals surface area contributed by atoms with Crippen molar-refractivity contribution >= 4 is 33.5 Å². The topological polar surface area (TPSA) is 50.2 Å². The molecular formula is C6H3BrClNO2. The van der Waals surface area contributed by atoms with Gasteiger partial charge in [0, 0.05) is 5.02 Å². The molecule has 1 aromatic rings. The van der Waals surface area contributed by atoms with Gasteiger partial charge in [-0.15, -0.1) is 0 Å². The van der Waals surface area contributed by atoms with E-state index in [-0.39, 0.29) is 5.69 Å². The van der Waals surface area contributed by atoms with Gasteiger partial charge in [-0.2, -0.15) is 0 Å². The molecule has 1 aromatic heterocycles. The number of halogens is 2. The van der Waals surface area contributed by atoms with E-state index in [0.29, 0.717) is 9.63 Å². The maximum Gasteiger partial charge on any atom is 0.354 e. The smallest absolute Gasteiger partial charge is 0.354 e. The number of carboxylic acid groups (broad SMARTS) is 1. The fourth-order valence-electron chi connectivity index (χ4n) is 0.575. The summed E-state index contributed by atoms with van der Waals surface area (Å²) >= 11 is 8.58. The van der Waals surface area contributed by atoms with Crippen molar-refractivity contribution in [2.75, 3.05) is 0 Å². The summed E-state index contributed by atoms with van der Waals surface area (Å²) in [7, 11) is 0. The van der Waals surface area contributed by atoms with Crippen LogP contribution in [-0.4, -0.2) is 16.1 Å². The Morgan fingerprint density at radius 3 is 2.73 bits per heavy atom. The molecule has 0 saturated carbocycles. The number of pyridine rings is 1. The second kappa shape index (κ2) is 3.19. The predicted molar refractivity (Wildman–Crippen MR) is 43.9 cm³/mol. The molecule has 0 aliphatic heterocycles. The molecule has 0 spiro atoms. The van der Waals surface area contributed by atoms with Gasteiger partial charge in [0.2, 0.25) is 0 Å². The Labute approximate surface area is 76.1 Å². The Bertz CT molecular complexity index is 282. The summed E-state index contributed by atoms with van der Waals surface area (Å²) in [5, 5.41) is 8.84. The first kappa shape index (κ1) is 8.49. The molecule has 0 saturated heterocycles. The maximum atomic E-state index is 10.4. The van der Waals surface area contributed by atoms with Crippen LogP contribution in [0, 0.1) is 0 Å². The van der Waals surface area contributed by atoms with E-state index in [1.54, 1.807) is 0 Å². The standard InChI is InChI=1S/C6H3BrClNO2/c7-5-2-3(8)1-4(9-5)6(10)11/h1-2H,(H,10,11). The second-order valence-electron chi connectivity index (χ2n) is 1.80. The number of hydrogen-bond donors (Lipinski definition) is 1. The molecule has 0 bridgehead atoms. The molecule has 5 heteroatoms. The van der Waals surface area contributed by atoms with Crippen molar-refractivity contribution < 1.29 is 9.90 Å². The van der Waals surface area contributed by atoms with Crippen LogP contribution in [0.25, 0.3) is 0 Å². The average molecular weight is 236 g/mol. The first-order valence-corrected chi connectivity index (χ1v) is 3.83. The lowest BCUT2D eigenvalue weighted by Gasteiger charge is -1.95. The summed E-state index contributed by atoms with van der Waals surface area (Å²) < 4.78 is 0.419. The highest BCUT2D eigenvalue weighted by Gasteiger charge is 2.05. The maximum absolute atomic E-state index is 10.4. The van der Waals surface area contributed by atoms with Crippen LogP contribution >= 0.6 is 27.5 Å². The number of aromatic carboxylic acids is 1. The Balaban J connectivity index is 3.19. The van der Waals surface area contributed by atoms with Crippen LogP contribution in [0.4, 0.5) is 0 Å². The minimum Gasteiger partial charge on any atom is -0.477 e. The Morgan fingerprint density at radius 2 is 2.27 bits per heavy atom. The zero-order valence-electron chi connectivity index (χ0n) is 5.21. The summed E-state index contributed by atoms with van der Waals surface area (Å²) in [4.78, 5) is 14.0. The Hall–Kier alpha value is -0.610. The summed E-state index contributed by atoms with van der Waals surface area (Å²) in [5.41, 5.74) is -0.0654. The molecule has 0 amide bonds. The van der Waals surface area contributed by atoms with Crippen LogP contribution in [-0.2, 0) is 0 Å². The summed E-state index contributed by atoms with van der Waals surface area (Å²) in [6.45, 7) is 0. The third-order valence-electron chi connectivity index (χ3n) is 0.978. The normalized spacial score (nSPS) is 9.64. The van der Waals surface area contributed by atoms with Crippen molar-refractivity contribution in [3.63, 3.8) is 0 Å². The summed E-state index contributed by atoms with van der Waals surface area (Å²) in [5.74, 6) is -1.09. The molecule has 0 aliphatic rings. The van der Waals surface area contributed by atoms with E-state index in [1.165, 1.54) is 12.1 Å². The average Bonchev–Trinajstić information content (AvgIpc) is 1.85. The lowest BCUT2D eigenvalue weighted by atomic mass is 10.4. The van der Waals surface area contributed by atoms with Crippen molar-refractivity contribution in [3.8, 4) is 0 Å². The van der Waals surface area contributed by atoms with Gasteiger partial charge >= 0.3 is 5.97 Å². The van der Waals surface area contributed by atoms with E-state index in [2.05, 4.69) is 20.9 Å². The molecule has 11 heavy (non-hydrogen) atoms. The van der Waals surface area contributed by atoms with Gasteiger partial charge < -0.3 is 5.11 Å². The van der Waals surface area contributed by atoms with Gasteiger partial charge in [-0.25, -0.2) is 9.78 Å². The molecule has 0 fully saturated rings. The second-order valence-corrected chi connectivity index (χ2v) is 3.05. The largest absolute Gasteiger partial charge is 0.477 e. The highest BCUT2D eigenvalue weighted by Crippen LogP contribution is 2.15. The minimum atomic E-state index is -1.09. The van der Waals surface area contributed by atoms with Crippen LogP contribution in [0.1, 0.15) is 10.5 Å². The third kappa shape index (κ3) is 2.17. The monoisotopic (exact) mass is 235 g/mol. The van der Waals surface area contributed by atoms with Crippen LogP contribution < -0.4 is 0 Å². The van der Waals surface area contributed by atoms with E-state index in [9.17, 15) is 4.79 Å². The van der Waals surface area contributed by atoms with Crippen molar-refractivity contribution in [3.05, 3.63) is 27.5 Å². The molecule has 0 atom stereocenters. The van der Waals surface area contributed by atoms with Crippen molar-refractivity contribution in [2.45, 2.75) is 0 Å². The molecule has 58 valence electrons. The molecule has 1 rings (SSSR count). The van der Waals surface area contributed by atoms with Gasteiger partial charge in [0.15, 0.2) is 5.69 Å². The van der Waals surface area contributed by atoms with Crippen LogP contribution in [0.15, 0.2) is 16.7 Å². The van der Waals surface area contributed by atoms with E-state index in [4.69, 9.17) is 16.7 Å². The molecule has 0 aliphatic carbocycles. The van der Waals surface area contributed by atoms with E-state index in [1.807, 2.05) is 0 Å². The summed E-state index contributed by atoms with van der Waals surface area (Å²) in [6, 6.07) is 2.81. The number of hydrogen-bond acceptors (Lipinski definition) is 2. The highest BCUT2D eigenvalue weighted by molar-refractivity contribution is 9.10. The quantitative estimate of drug-likeness (QED) is 0.761. The Morgan fingerprint density at radius 1 is 1.64 bits per heavy atom. The lowest BCUT2D eigenvalue weighted by molar-refractivity contribution is 0.0690. The van der Waals surface area contributed by atoms with Gasteiger partial charge in [-0.3, -0.25) is 0 Å². The summed E-state index contributed by atoms with van der Waals surface area (Å²) in [6.07, 6.45) is 0. The van der Waals surface area contributed by atoms with Crippen molar-refractivity contribution in [2.24, 2.45) is 0 Å². The zero-order valence-corrected chi connectivity index (χ0v) is 7.56. The van der Waals surface area contributed by atoms with Crippen molar-refractivity contribution in [1.29, 1.82) is 0 Å². The van der Waals surface area contributed by atoms with Crippen LogP contribution in [0.3, 0.4) is 0 Å². The SMILES string of the molecule is O=C(O)c1cc(Cl)cc(Br)n1. The van der Waals surface area contributed by atoms with E-state index >= 15 is 0 Å². The highest BCUT2D eigenvalue weighted by atomic mass is 79.9. The Kier molecular flexibility index (Phi) is 2.46. The first-order chi connectivity index (χ1) is 5.09. The van der Waals surface area contributed by atoms with Crippen LogP contribution in [0.2, 0.25) is 5.02 Å². The first-order valence-electron chi connectivity index (χ1n) is 2.66. The van der Waals surface area contributed by atoms with Crippen molar-refractivity contribution in [1.82, 2.24) is 4.98 Å². The molecular weight excluding hydrogens is 233 g/mol. The fourth-order valence-corrected chi connectivity index (χ4v) is 1.35. The number of nitrogens with zero attached hydrogens (tertiary/aromatic N) is 1. The number of aromatic nitrogens is 1. The molecule has 1 N–H and O–H groups in total. The van der Waals surface area contributed by atoms with Gasteiger partial charge in [-0.05, 0) is 28.1 Å². The molecule has 1 heterocycles. The third-order valence-corrected chi connectivity index (χ3v) is 1.60. The van der Waals surface area contributed by atoms with Crippen LogP contribution in [0.5, 0.6) is 0 Å². The molecule has 3 nitrogen and oxygen atoms in total. The fraction of sp³-hybridized carbons (Fsp3) is 0.